The number of non-ortho nitro benzene ring substituents is 1. The minimum absolute atomic E-state index is 0.0936. The summed E-state index contributed by atoms with van der Waals surface area (Å²) in [5.74, 6) is -0.713. The van der Waals surface area contributed by atoms with Crippen LogP contribution in [0.4, 0.5) is 11.4 Å². The molecule has 0 atom stereocenters. The van der Waals surface area contributed by atoms with Gasteiger partial charge < -0.3 is 11.1 Å². The minimum atomic E-state index is -0.713. The molecule has 1 aromatic rings. The molecule has 6 nitrogen and oxygen atoms in total. The highest BCUT2D eigenvalue weighted by Crippen LogP contribution is 2.21. The van der Waals surface area contributed by atoms with Gasteiger partial charge in [-0.3, -0.25) is 14.9 Å². The van der Waals surface area contributed by atoms with E-state index in [9.17, 15) is 14.9 Å². The molecule has 6 heteroatoms. The Labute approximate surface area is 91.9 Å². The van der Waals surface area contributed by atoms with Gasteiger partial charge in [0, 0.05) is 24.4 Å². The monoisotopic (exact) mass is 221 g/mol. The Morgan fingerprint density at radius 1 is 1.62 bits per heavy atom. The van der Waals surface area contributed by atoms with E-state index in [4.69, 9.17) is 5.73 Å². The molecule has 0 aliphatic carbocycles. The van der Waals surface area contributed by atoms with Gasteiger partial charge in [0.25, 0.3) is 11.6 Å². The number of nitro groups is 1. The molecule has 0 bridgehead atoms. The van der Waals surface area contributed by atoms with Gasteiger partial charge in [-0.05, 0) is 6.07 Å². The molecule has 84 valence electrons. The van der Waals surface area contributed by atoms with Gasteiger partial charge in [0.15, 0.2) is 0 Å². The van der Waals surface area contributed by atoms with E-state index in [0.29, 0.717) is 12.2 Å². The number of anilines is 1. The van der Waals surface area contributed by atoms with Crippen LogP contribution in [0.5, 0.6) is 0 Å². The fourth-order valence-electron chi connectivity index (χ4n) is 1.19. The number of hydrogen-bond acceptors (Lipinski definition) is 4. The SMILES string of the molecule is C=CCNc1ccc([N+](=O)[O-])cc1C(N)=O. The molecule has 0 heterocycles. The number of rotatable bonds is 5. The Balaban J connectivity index is 3.13. The fourth-order valence-corrected chi connectivity index (χ4v) is 1.19. The molecule has 1 amide bonds. The predicted molar refractivity (Wildman–Crippen MR) is 60.3 cm³/mol. The maximum absolute atomic E-state index is 11.1. The zero-order valence-electron chi connectivity index (χ0n) is 8.47. The third-order valence-corrected chi connectivity index (χ3v) is 1.92. The van der Waals surface area contributed by atoms with Crippen LogP contribution < -0.4 is 11.1 Å². The molecule has 1 rings (SSSR count). The molecule has 0 radical (unpaired) electrons. The zero-order valence-corrected chi connectivity index (χ0v) is 8.47. The average Bonchev–Trinajstić information content (AvgIpc) is 2.25. The van der Waals surface area contributed by atoms with Gasteiger partial charge in [0.1, 0.15) is 0 Å². The standard InChI is InChI=1S/C10H11N3O3/c1-2-5-12-9-4-3-7(13(15)16)6-8(9)10(11)14/h2-4,6,12H,1,5H2,(H2,11,14). The summed E-state index contributed by atoms with van der Waals surface area (Å²) in [5, 5.41) is 13.4. The van der Waals surface area contributed by atoms with E-state index in [2.05, 4.69) is 11.9 Å². The fraction of sp³-hybridized carbons (Fsp3) is 0.100. The number of carbonyl (C=O) groups is 1. The van der Waals surface area contributed by atoms with Crippen LogP contribution in [-0.2, 0) is 0 Å². The lowest BCUT2D eigenvalue weighted by Gasteiger charge is -2.07. The topological polar surface area (TPSA) is 98.3 Å². The first-order chi connectivity index (χ1) is 7.56. The number of amides is 1. The lowest BCUT2D eigenvalue weighted by Crippen LogP contribution is -2.14. The number of carbonyl (C=O) groups excluding carboxylic acids is 1. The molecule has 0 unspecified atom stereocenters. The van der Waals surface area contributed by atoms with E-state index in [-0.39, 0.29) is 11.3 Å². The number of nitrogens with two attached hydrogens (primary N) is 1. The molecular formula is C10H11N3O3. The van der Waals surface area contributed by atoms with Gasteiger partial charge in [-0.2, -0.15) is 0 Å². The van der Waals surface area contributed by atoms with Gasteiger partial charge in [-0.25, -0.2) is 0 Å². The third kappa shape index (κ3) is 2.57. The summed E-state index contributed by atoms with van der Waals surface area (Å²) in [7, 11) is 0. The number of hydrogen-bond donors (Lipinski definition) is 2. The van der Waals surface area contributed by atoms with Crippen molar-refractivity contribution in [2.24, 2.45) is 5.73 Å². The summed E-state index contributed by atoms with van der Waals surface area (Å²) < 4.78 is 0. The van der Waals surface area contributed by atoms with Crippen LogP contribution in [0.1, 0.15) is 10.4 Å². The summed E-state index contributed by atoms with van der Waals surface area (Å²) in [6.45, 7) is 3.95. The second kappa shape index (κ2) is 4.92. The maximum atomic E-state index is 11.1. The average molecular weight is 221 g/mol. The lowest BCUT2D eigenvalue weighted by atomic mass is 10.1. The molecule has 16 heavy (non-hydrogen) atoms. The summed E-state index contributed by atoms with van der Waals surface area (Å²) in [6.07, 6.45) is 1.60. The number of primary amides is 1. The number of nitrogens with zero attached hydrogens (tertiary/aromatic N) is 1. The summed E-state index contributed by atoms with van der Waals surface area (Å²) >= 11 is 0. The Bertz CT molecular complexity index is 443. The van der Waals surface area contributed by atoms with Crippen molar-refractivity contribution in [3.8, 4) is 0 Å². The number of nitrogens with one attached hydrogen (secondary N) is 1. The third-order valence-electron chi connectivity index (χ3n) is 1.92. The van der Waals surface area contributed by atoms with Gasteiger partial charge in [-0.15, -0.1) is 6.58 Å². The highest BCUT2D eigenvalue weighted by Gasteiger charge is 2.13. The normalized spacial score (nSPS) is 9.50. The van der Waals surface area contributed by atoms with Gasteiger partial charge in [0.2, 0.25) is 0 Å². The second-order valence-corrected chi connectivity index (χ2v) is 3.02. The van der Waals surface area contributed by atoms with E-state index < -0.39 is 10.8 Å². The van der Waals surface area contributed by atoms with Crippen LogP contribution in [0.15, 0.2) is 30.9 Å². The Kier molecular flexibility index (Phi) is 3.60. The van der Waals surface area contributed by atoms with Crippen molar-refractivity contribution < 1.29 is 9.72 Å². The largest absolute Gasteiger partial charge is 0.381 e. The summed E-state index contributed by atoms with van der Waals surface area (Å²) in [6, 6.07) is 3.90. The van der Waals surface area contributed by atoms with Crippen molar-refractivity contribution >= 4 is 17.3 Å². The van der Waals surface area contributed by atoms with Crippen molar-refractivity contribution in [1.82, 2.24) is 0 Å². The first-order valence-corrected chi connectivity index (χ1v) is 4.49. The number of benzene rings is 1. The van der Waals surface area contributed by atoms with Gasteiger partial charge in [-0.1, -0.05) is 6.08 Å². The molecule has 3 N–H and O–H groups in total. The first kappa shape index (κ1) is 11.7. The Morgan fingerprint density at radius 3 is 2.81 bits per heavy atom. The van der Waals surface area contributed by atoms with Gasteiger partial charge in [0.05, 0.1) is 10.5 Å². The molecular weight excluding hydrogens is 210 g/mol. The molecule has 0 aromatic heterocycles. The molecule has 0 fully saturated rings. The van der Waals surface area contributed by atoms with E-state index in [1.54, 1.807) is 6.08 Å². The van der Waals surface area contributed by atoms with Crippen molar-refractivity contribution in [1.29, 1.82) is 0 Å². The molecule has 0 saturated heterocycles. The van der Waals surface area contributed by atoms with Crippen molar-refractivity contribution in [2.45, 2.75) is 0 Å². The molecule has 1 aromatic carbocycles. The van der Waals surface area contributed by atoms with Gasteiger partial charge >= 0.3 is 0 Å². The molecule has 0 spiro atoms. The predicted octanol–water partition coefficient (Wildman–Crippen LogP) is 1.29. The van der Waals surface area contributed by atoms with E-state index in [1.165, 1.54) is 12.1 Å². The van der Waals surface area contributed by atoms with Crippen LogP contribution in [0.2, 0.25) is 0 Å². The number of nitro benzene ring substituents is 1. The summed E-state index contributed by atoms with van der Waals surface area (Å²) in [4.78, 5) is 21.0. The highest BCUT2D eigenvalue weighted by molar-refractivity contribution is 5.99. The summed E-state index contributed by atoms with van der Waals surface area (Å²) in [5.41, 5.74) is 5.51. The van der Waals surface area contributed by atoms with Crippen LogP contribution >= 0.6 is 0 Å². The van der Waals surface area contributed by atoms with E-state index >= 15 is 0 Å². The first-order valence-electron chi connectivity index (χ1n) is 4.49. The van der Waals surface area contributed by atoms with E-state index in [0.717, 1.165) is 6.07 Å². The van der Waals surface area contributed by atoms with Crippen LogP contribution in [0, 0.1) is 10.1 Å². The zero-order chi connectivity index (χ0) is 12.1. The molecule has 0 saturated carbocycles. The maximum Gasteiger partial charge on any atom is 0.270 e. The van der Waals surface area contributed by atoms with Crippen molar-refractivity contribution in [2.75, 3.05) is 11.9 Å². The Morgan fingerprint density at radius 2 is 2.31 bits per heavy atom. The molecule has 0 aliphatic rings. The minimum Gasteiger partial charge on any atom is -0.381 e. The van der Waals surface area contributed by atoms with Crippen LogP contribution in [-0.4, -0.2) is 17.4 Å². The second-order valence-electron chi connectivity index (χ2n) is 3.02. The molecule has 0 aliphatic heterocycles. The van der Waals surface area contributed by atoms with Crippen molar-refractivity contribution in [3.63, 3.8) is 0 Å². The van der Waals surface area contributed by atoms with E-state index in [1.807, 2.05) is 0 Å². The quantitative estimate of drug-likeness (QED) is 0.444. The van der Waals surface area contributed by atoms with Crippen LogP contribution in [0.25, 0.3) is 0 Å². The van der Waals surface area contributed by atoms with Crippen molar-refractivity contribution in [3.05, 3.63) is 46.5 Å². The Hall–Kier alpha value is -2.37. The smallest absolute Gasteiger partial charge is 0.270 e. The highest BCUT2D eigenvalue weighted by atomic mass is 16.6. The lowest BCUT2D eigenvalue weighted by molar-refractivity contribution is -0.384. The van der Waals surface area contributed by atoms with Crippen LogP contribution in [0.3, 0.4) is 0 Å².